The SMILES string of the molecule is N#CCn1nc(Cl)c2ccccc2c1=O. The topological polar surface area (TPSA) is 58.7 Å². The van der Waals surface area contributed by atoms with Crippen LogP contribution in [0.1, 0.15) is 0 Å². The van der Waals surface area contributed by atoms with Gasteiger partial charge in [0.15, 0.2) is 5.15 Å². The number of rotatable bonds is 1. The molecule has 0 spiro atoms. The number of hydrogen-bond donors (Lipinski definition) is 0. The number of nitrogens with zero attached hydrogens (tertiary/aromatic N) is 3. The summed E-state index contributed by atoms with van der Waals surface area (Å²) >= 11 is 5.89. The maximum atomic E-state index is 11.8. The molecule has 1 heterocycles. The Labute approximate surface area is 90.3 Å². The molecule has 0 atom stereocenters. The first-order valence-electron chi connectivity index (χ1n) is 4.26. The molecule has 15 heavy (non-hydrogen) atoms. The van der Waals surface area contributed by atoms with Gasteiger partial charge in [-0.2, -0.15) is 10.4 Å². The summed E-state index contributed by atoms with van der Waals surface area (Å²) < 4.78 is 1.06. The van der Waals surface area contributed by atoms with Gasteiger partial charge < -0.3 is 0 Å². The van der Waals surface area contributed by atoms with Crippen molar-refractivity contribution in [2.45, 2.75) is 6.54 Å². The average Bonchev–Trinajstić information content (AvgIpc) is 2.26. The number of aromatic nitrogens is 2. The minimum absolute atomic E-state index is 0.0939. The highest BCUT2D eigenvalue weighted by atomic mass is 35.5. The van der Waals surface area contributed by atoms with E-state index in [1.165, 1.54) is 0 Å². The molecular weight excluding hydrogens is 214 g/mol. The van der Waals surface area contributed by atoms with E-state index in [1.54, 1.807) is 24.3 Å². The Bertz CT molecular complexity index is 612. The van der Waals surface area contributed by atoms with E-state index in [9.17, 15) is 4.79 Å². The Hall–Kier alpha value is -1.86. The summed E-state index contributed by atoms with van der Waals surface area (Å²) in [5, 5.41) is 13.7. The summed E-state index contributed by atoms with van der Waals surface area (Å²) in [4.78, 5) is 11.8. The van der Waals surface area contributed by atoms with Gasteiger partial charge in [0, 0.05) is 5.39 Å². The summed E-state index contributed by atoms with van der Waals surface area (Å²) in [5.74, 6) is 0. The predicted octanol–water partition coefficient (Wildman–Crippen LogP) is 1.57. The molecule has 0 aliphatic heterocycles. The van der Waals surface area contributed by atoms with E-state index in [2.05, 4.69) is 5.10 Å². The molecule has 1 aromatic carbocycles. The van der Waals surface area contributed by atoms with Gasteiger partial charge in [-0.15, -0.1) is 0 Å². The average molecular weight is 220 g/mol. The summed E-state index contributed by atoms with van der Waals surface area (Å²) in [6, 6.07) is 8.78. The second-order valence-corrected chi connectivity index (χ2v) is 3.32. The lowest BCUT2D eigenvalue weighted by Gasteiger charge is -2.03. The normalized spacial score (nSPS) is 10.1. The molecule has 5 heteroatoms. The van der Waals surface area contributed by atoms with E-state index in [0.717, 1.165) is 4.68 Å². The fourth-order valence-corrected chi connectivity index (χ4v) is 1.62. The second-order valence-electron chi connectivity index (χ2n) is 2.96. The van der Waals surface area contributed by atoms with Crippen LogP contribution in [0.5, 0.6) is 0 Å². The maximum Gasteiger partial charge on any atom is 0.275 e. The van der Waals surface area contributed by atoms with Gasteiger partial charge in [-0.25, -0.2) is 4.68 Å². The number of hydrogen-bond acceptors (Lipinski definition) is 3. The Morgan fingerprint density at radius 2 is 2.07 bits per heavy atom. The lowest BCUT2D eigenvalue weighted by atomic mass is 10.2. The molecule has 0 saturated carbocycles. The molecule has 1 aromatic heterocycles. The van der Waals surface area contributed by atoms with Crippen LogP contribution < -0.4 is 5.56 Å². The van der Waals surface area contributed by atoms with Crippen molar-refractivity contribution < 1.29 is 0 Å². The van der Waals surface area contributed by atoms with Gasteiger partial charge in [-0.3, -0.25) is 4.79 Å². The maximum absolute atomic E-state index is 11.8. The van der Waals surface area contributed by atoms with Gasteiger partial charge in [0.2, 0.25) is 0 Å². The van der Waals surface area contributed by atoms with Crippen LogP contribution in [0.2, 0.25) is 5.15 Å². The van der Waals surface area contributed by atoms with Gasteiger partial charge in [-0.05, 0) is 6.07 Å². The van der Waals surface area contributed by atoms with Crippen LogP contribution >= 0.6 is 11.6 Å². The van der Waals surface area contributed by atoms with Gasteiger partial charge in [0.05, 0.1) is 11.5 Å². The first-order chi connectivity index (χ1) is 7.24. The van der Waals surface area contributed by atoms with Crippen LogP contribution in [0.4, 0.5) is 0 Å². The number of halogens is 1. The van der Waals surface area contributed by atoms with E-state index in [-0.39, 0.29) is 17.3 Å². The summed E-state index contributed by atoms with van der Waals surface area (Å²) in [5.41, 5.74) is -0.295. The Morgan fingerprint density at radius 3 is 2.73 bits per heavy atom. The molecule has 0 bridgehead atoms. The molecule has 0 aliphatic rings. The Balaban J connectivity index is 2.86. The van der Waals surface area contributed by atoms with E-state index < -0.39 is 0 Å². The smallest absolute Gasteiger partial charge is 0.267 e. The van der Waals surface area contributed by atoms with Crippen LogP contribution in [-0.4, -0.2) is 9.78 Å². The molecule has 0 aliphatic carbocycles. The van der Waals surface area contributed by atoms with E-state index in [1.807, 2.05) is 6.07 Å². The molecule has 2 rings (SSSR count). The van der Waals surface area contributed by atoms with Crippen molar-refractivity contribution in [2.75, 3.05) is 0 Å². The molecule has 0 unspecified atom stereocenters. The summed E-state index contributed by atoms with van der Waals surface area (Å²) in [7, 11) is 0. The number of fused-ring (bicyclic) bond motifs is 1. The van der Waals surface area contributed by atoms with Crippen LogP contribution in [0, 0.1) is 11.3 Å². The monoisotopic (exact) mass is 219 g/mol. The minimum Gasteiger partial charge on any atom is -0.267 e. The molecule has 0 fully saturated rings. The van der Waals surface area contributed by atoms with Crippen molar-refractivity contribution in [1.82, 2.24) is 9.78 Å². The van der Waals surface area contributed by atoms with Gasteiger partial charge in [0.25, 0.3) is 5.56 Å². The first kappa shape index (κ1) is 9.69. The fourth-order valence-electron chi connectivity index (χ4n) is 1.37. The van der Waals surface area contributed by atoms with Gasteiger partial charge in [-0.1, -0.05) is 29.8 Å². The molecular formula is C10H6ClN3O. The molecule has 0 amide bonds. The summed E-state index contributed by atoms with van der Waals surface area (Å²) in [6.45, 7) is -0.0939. The number of benzene rings is 1. The lowest BCUT2D eigenvalue weighted by Crippen LogP contribution is -2.22. The second kappa shape index (κ2) is 3.71. The predicted molar refractivity (Wildman–Crippen MR) is 56.6 cm³/mol. The van der Waals surface area contributed by atoms with Crippen molar-refractivity contribution in [2.24, 2.45) is 0 Å². The highest BCUT2D eigenvalue weighted by Gasteiger charge is 2.07. The zero-order valence-corrected chi connectivity index (χ0v) is 8.40. The highest BCUT2D eigenvalue weighted by molar-refractivity contribution is 6.34. The number of nitriles is 1. The third kappa shape index (κ3) is 1.58. The van der Waals surface area contributed by atoms with Gasteiger partial charge >= 0.3 is 0 Å². The van der Waals surface area contributed by atoms with E-state index in [4.69, 9.17) is 16.9 Å². The summed E-state index contributed by atoms with van der Waals surface area (Å²) in [6.07, 6.45) is 0. The standard InChI is InChI=1S/C10H6ClN3O/c11-9-7-3-1-2-4-8(7)10(15)14(13-9)6-5-12/h1-4H,6H2. The molecule has 2 aromatic rings. The first-order valence-corrected chi connectivity index (χ1v) is 4.64. The molecule has 0 saturated heterocycles. The van der Waals surface area contributed by atoms with Crippen LogP contribution in [0.3, 0.4) is 0 Å². The largest absolute Gasteiger partial charge is 0.275 e. The fraction of sp³-hybridized carbons (Fsp3) is 0.100. The van der Waals surface area contributed by atoms with Crippen LogP contribution in [0.15, 0.2) is 29.1 Å². The van der Waals surface area contributed by atoms with Crippen molar-refractivity contribution in [3.63, 3.8) is 0 Å². The molecule has 0 N–H and O–H groups in total. The van der Waals surface area contributed by atoms with Crippen molar-refractivity contribution in [1.29, 1.82) is 5.26 Å². The zero-order valence-electron chi connectivity index (χ0n) is 7.64. The van der Waals surface area contributed by atoms with Crippen LogP contribution in [-0.2, 0) is 6.54 Å². The third-order valence-electron chi connectivity index (χ3n) is 2.04. The van der Waals surface area contributed by atoms with Crippen molar-refractivity contribution in [3.8, 4) is 6.07 Å². The third-order valence-corrected chi connectivity index (χ3v) is 2.32. The molecule has 4 nitrogen and oxygen atoms in total. The van der Waals surface area contributed by atoms with Crippen LogP contribution in [0.25, 0.3) is 10.8 Å². The van der Waals surface area contributed by atoms with Crippen molar-refractivity contribution >= 4 is 22.4 Å². The Morgan fingerprint density at radius 1 is 1.40 bits per heavy atom. The van der Waals surface area contributed by atoms with Gasteiger partial charge in [0.1, 0.15) is 6.54 Å². The highest BCUT2D eigenvalue weighted by Crippen LogP contribution is 2.16. The van der Waals surface area contributed by atoms with E-state index >= 15 is 0 Å². The van der Waals surface area contributed by atoms with E-state index in [0.29, 0.717) is 10.8 Å². The molecule has 0 radical (unpaired) electrons. The lowest BCUT2D eigenvalue weighted by molar-refractivity contribution is 0.668. The Kier molecular flexibility index (Phi) is 2.40. The quantitative estimate of drug-likeness (QED) is 0.732. The van der Waals surface area contributed by atoms with Crippen molar-refractivity contribution in [3.05, 3.63) is 39.8 Å². The zero-order chi connectivity index (χ0) is 10.8. The molecule has 74 valence electrons. The minimum atomic E-state index is -0.295.